The Balaban J connectivity index is 1.99. The Morgan fingerprint density at radius 3 is 2.94 bits per heavy atom. The molecule has 5 nitrogen and oxygen atoms in total. The lowest BCUT2D eigenvalue weighted by atomic mass is 9.98. The van der Waals surface area contributed by atoms with Crippen molar-refractivity contribution in [3.05, 3.63) is 17.0 Å². The van der Waals surface area contributed by atoms with Gasteiger partial charge in [-0.05, 0) is 32.6 Å². The van der Waals surface area contributed by atoms with Crippen molar-refractivity contribution in [1.29, 1.82) is 0 Å². The van der Waals surface area contributed by atoms with Crippen LogP contribution < -0.4 is 0 Å². The fourth-order valence-corrected chi connectivity index (χ4v) is 2.46. The number of carbonyl (C=O) groups is 1. The molecular formula is C13H20N2O3. The highest BCUT2D eigenvalue weighted by atomic mass is 16.5. The zero-order valence-electron chi connectivity index (χ0n) is 11.0. The molecule has 2 rings (SSSR count). The lowest BCUT2D eigenvalue weighted by Gasteiger charge is -2.31. The summed E-state index contributed by atoms with van der Waals surface area (Å²) < 4.78 is 5.07. The molecule has 18 heavy (non-hydrogen) atoms. The number of rotatable bonds is 3. The van der Waals surface area contributed by atoms with Crippen LogP contribution in [0.25, 0.3) is 0 Å². The number of aliphatic hydroxyl groups excluding tert-OH is 1. The third-order valence-corrected chi connectivity index (χ3v) is 3.64. The van der Waals surface area contributed by atoms with Gasteiger partial charge in [0, 0.05) is 25.3 Å². The van der Waals surface area contributed by atoms with Crippen LogP contribution in [0, 0.1) is 19.8 Å². The number of hydrogen-bond acceptors (Lipinski definition) is 4. The van der Waals surface area contributed by atoms with Crippen molar-refractivity contribution >= 4 is 5.91 Å². The van der Waals surface area contributed by atoms with Gasteiger partial charge >= 0.3 is 0 Å². The Kier molecular flexibility index (Phi) is 4.01. The van der Waals surface area contributed by atoms with Gasteiger partial charge in [0.05, 0.1) is 12.1 Å². The standard InChI is InChI=1S/C13H20N2O3/c1-9-12(10(2)18-14-9)6-13(17)15-5-3-4-11(7-15)8-16/h11,16H,3-8H2,1-2H3. The van der Waals surface area contributed by atoms with Crippen LogP contribution >= 0.6 is 0 Å². The van der Waals surface area contributed by atoms with Gasteiger partial charge in [-0.3, -0.25) is 4.79 Å². The van der Waals surface area contributed by atoms with Crippen molar-refractivity contribution in [3.63, 3.8) is 0 Å². The molecule has 1 atom stereocenters. The summed E-state index contributed by atoms with van der Waals surface area (Å²) in [6, 6.07) is 0. The molecule has 1 unspecified atom stereocenters. The van der Waals surface area contributed by atoms with Crippen LogP contribution in [0.4, 0.5) is 0 Å². The maximum atomic E-state index is 12.2. The van der Waals surface area contributed by atoms with Gasteiger partial charge in [0.15, 0.2) is 0 Å². The SMILES string of the molecule is Cc1noc(C)c1CC(=O)N1CCCC(CO)C1. The third kappa shape index (κ3) is 2.72. The summed E-state index contributed by atoms with van der Waals surface area (Å²) in [6.45, 7) is 5.30. The molecule has 1 amide bonds. The highest BCUT2D eigenvalue weighted by molar-refractivity contribution is 5.79. The number of carbonyl (C=O) groups excluding carboxylic acids is 1. The Morgan fingerprint density at radius 2 is 2.33 bits per heavy atom. The average Bonchev–Trinajstić information content (AvgIpc) is 2.70. The summed E-state index contributed by atoms with van der Waals surface area (Å²) in [5, 5.41) is 13.0. The van der Waals surface area contributed by atoms with E-state index in [2.05, 4.69) is 5.16 Å². The van der Waals surface area contributed by atoms with E-state index >= 15 is 0 Å². The maximum Gasteiger partial charge on any atom is 0.227 e. The van der Waals surface area contributed by atoms with Gasteiger partial charge in [-0.25, -0.2) is 0 Å². The van der Waals surface area contributed by atoms with E-state index < -0.39 is 0 Å². The van der Waals surface area contributed by atoms with E-state index in [0.29, 0.717) is 13.0 Å². The van der Waals surface area contributed by atoms with Crippen molar-refractivity contribution in [2.24, 2.45) is 5.92 Å². The van der Waals surface area contributed by atoms with E-state index in [1.54, 1.807) is 0 Å². The van der Waals surface area contributed by atoms with Gasteiger partial charge in [-0.15, -0.1) is 0 Å². The number of nitrogens with zero attached hydrogens (tertiary/aromatic N) is 2. The van der Waals surface area contributed by atoms with Gasteiger partial charge in [0.1, 0.15) is 5.76 Å². The predicted molar refractivity (Wildman–Crippen MR) is 66.1 cm³/mol. The lowest BCUT2D eigenvalue weighted by Crippen LogP contribution is -2.41. The van der Waals surface area contributed by atoms with Crippen LogP contribution in [-0.2, 0) is 11.2 Å². The van der Waals surface area contributed by atoms with Crippen molar-refractivity contribution in [2.75, 3.05) is 19.7 Å². The van der Waals surface area contributed by atoms with Crippen LogP contribution in [0.5, 0.6) is 0 Å². The zero-order valence-corrected chi connectivity index (χ0v) is 11.0. The molecule has 1 fully saturated rings. The van der Waals surface area contributed by atoms with Gasteiger partial charge in [-0.2, -0.15) is 0 Å². The molecule has 1 aliphatic rings. The number of aliphatic hydroxyl groups is 1. The number of hydrogen-bond donors (Lipinski definition) is 1. The minimum atomic E-state index is 0.0996. The number of aromatic nitrogens is 1. The molecule has 0 aliphatic carbocycles. The second-order valence-corrected chi connectivity index (χ2v) is 5.01. The molecule has 0 saturated carbocycles. The van der Waals surface area contributed by atoms with Crippen LogP contribution in [0.3, 0.4) is 0 Å². The first-order valence-electron chi connectivity index (χ1n) is 6.42. The fourth-order valence-electron chi connectivity index (χ4n) is 2.46. The molecular weight excluding hydrogens is 232 g/mol. The summed E-state index contributed by atoms with van der Waals surface area (Å²) in [7, 11) is 0. The molecule has 0 radical (unpaired) electrons. The molecule has 0 bridgehead atoms. The van der Waals surface area contributed by atoms with Crippen molar-refractivity contribution in [1.82, 2.24) is 10.1 Å². The quantitative estimate of drug-likeness (QED) is 0.873. The van der Waals surface area contributed by atoms with Crippen LogP contribution in [0.15, 0.2) is 4.52 Å². The molecule has 1 aliphatic heterocycles. The van der Waals surface area contributed by atoms with Gasteiger partial charge in [0.2, 0.25) is 5.91 Å². The van der Waals surface area contributed by atoms with E-state index in [1.165, 1.54) is 0 Å². The van der Waals surface area contributed by atoms with Crippen LogP contribution in [0.1, 0.15) is 29.9 Å². The molecule has 100 valence electrons. The van der Waals surface area contributed by atoms with E-state index in [1.807, 2.05) is 18.7 Å². The van der Waals surface area contributed by atoms with E-state index in [0.717, 1.165) is 36.4 Å². The molecule has 2 heterocycles. The zero-order chi connectivity index (χ0) is 13.1. The van der Waals surface area contributed by atoms with Crippen LogP contribution in [0.2, 0.25) is 0 Å². The minimum absolute atomic E-state index is 0.0996. The second-order valence-electron chi connectivity index (χ2n) is 5.01. The molecule has 5 heteroatoms. The summed E-state index contributed by atoms with van der Waals surface area (Å²) in [5.74, 6) is 1.05. The monoisotopic (exact) mass is 252 g/mol. The van der Waals surface area contributed by atoms with Gasteiger partial charge in [0.25, 0.3) is 0 Å². The minimum Gasteiger partial charge on any atom is -0.396 e. The lowest BCUT2D eigenvalue weighted by molar-refractivity contribution is -0.132. The first kappa shape index (κ1) is 13.1. The summed E-state index contributed by atoms with van der Waals surface area (Å²) in [6.07, 6.45) is 2.32. The Bertz CT molecular complexity index is 408. The second kappa shape index (κ2) is 5.52. The number of piperidine rings is 1. The van der Waals surface area contributed by atoms with Crippen LogP contribution in [-0.4, -0.2) is 40.8 Å². The topological polar surface area (TPSA) is 66.6 Å². The Hall–Kier alpha value is -1.36. The average molecular weight is 252 g/mol. The Morgan fingerprint density at radius 1 is 1.56 bits per heavy atom. The summed E-state index contributed by atoms with van der Waals surface area (Å²) in [4.78, 5) is 14.0. The number of aryl methyl sites for hydroxylation is 2. The summed E-state index contributed by atoms with van der Waals surface area (Å²) >= 11 is 0. The fraction of sp³-hybridized carbons (Fsp3) is 0.692. The molecule has 0 spiro atoms. The van der Waals surface area contributed by atoms with E-state index in [9.17, 15) is 9.90 Å². The molecule has 1 aromatic heterocycles. The predicted octanol–water partition coefficient (Wildman–Crippen LogP) is 1.06. The van der Waals surface area contributed by atoms with Crippen molar-refractivity contribution in [2.45, 2.75) is 33.1 Å². The third-order valence-electron chi connectivity index (χ3n) is 3.64. The van der Waals surface area contributed by atoms with E-state index in [-0.39, 0.29) is 18.4 Å². The van der Waals surface area contributed by atoms with E-state index in [4.69, 9.17) is 4.52 Å². The molecule has 1 N–H and O–H groups in total. The largest absolute Gasteiger partial charge is 0.396 e. The smallest absolute Gasteiger partial charge is 0.227 e. The maximum absolute atomic E-state index is 12.2. The molecule has 0 aromatic carbocycles. The highest BCUT2D eigenvalue weighted by Gasteiger charge is 2.24. The first-order chi connectivity index (χ1) is 8.61. The summed E-state index contributed by atoms with van der Waals surface area (Å²) in [5.41, 5.74) is 1.68. The molecule has 1 aromatic rings. The number of likely N-dealkylation sites (tertiary alicyclic amines) is 1. The van der Waals surface area contributed by atoms with Crippen molar-refractivity contribution < 1.29 is 14.4 Å². The first-order valence-corrected chi connectivity index (χ1v) is 6.42. The number of amides is 1. The molecule has 1 saturated heterocycles. The van der Waals surface area contributed by atoms with Gasteiger partial charge < -0.3 is 14.5 Å². The normalized spacial score (nSPS) is 20.2. The Labute approximate surface area is 107 Å². The van der Waals surface area contributed by atoms with Crippen molar-refractivity contribution in [3.8, 4) is 0 Å². The van der Waals surface area contributed by atoms with Gasteiger partial charge in [-0.1, -0.05) is 5.16 Å². The highest BCUT2D eigenvalue weighted by Crippen LogP contribution is 2.19.